The van der Waals surface area contributed by atoms with E-state index in [0.717, 1.165) is 5.75 Å². The van der Waals surface area contributed by atoms with Crippen LogP contribution in [0.15, 0.2) is 24.3 Å². The second-order valence-corrected chi connectivity index (χ2v) is 2.74. The van der Waals surface area contributed by atoms with Gasteiger partial charge in [0.2, 0.25) is 0 Å². The Labute approximate surface area is 63.3 Å². The highest BCUT2D eigenvalue weighted by Crippen LogP contribution is 2.18. The first-order valence-corrected chi connectivity index (χ1v) is 4.64. The predicted molar refractivity (Wildman–Crippen MR) is 46.0 cm³/mol. The molecule has 1 unspecified atom stereocenters. The van der Waals surface area contributed by atoms with Crippen molar-refractivity contribution in [2.45, 2.75) is 6.92 Å². The van der Waals surface area contributed by atoms with E-state index >= 15 is 0 Å². The molecule has 0 saturated carbocycles. The van der Waals surface area contributed by atoms with Gasteiger partial charge in [0.25, 0.3) is 0 Å². The lowest BCUT2D eigenvalue weighted by Gasteiger charge is -2.01. The predicted octanol–water partition coefficient (Wildman–Crippen LogP) is 2.60. The van der Waals surface area contributed by atoms with Crippen molar-refractivity contribution in [2.75, 3.05) is 6.66 Å². The molecule has 54 valence electrons. The minimum atomic E-state index is 0.532. The first-order chi connectivity index (χ1) is 4.83. The molecule has 1 nitrogen and oxygen atoms in total. The quantitative estimate of drug-likeness (QED) is 0.595. The number of rotatable bonds is 2. The van der Waals surface area contributed by atoms with E-state index in [0.29, 0.717) is 8.81 Å². The van der Waals surface area contributed by atoms with E-state index in [1.807, 2.05) is 24.9 Å². The van der Waals surface area contributed by atoms with Crippen LogP contribution in [-0.4, -0.2) is 6.66 Å². The Bertz CT molecular complexity index is 210. The average Bonchev–Trinajstić information content (AvgIpc) is 1.88. The Morgan fingerprint density at radius 1 is 1.40 bits per heavy atom. The molecule has 1 aromatic rings. The SMILES string of the molecule is CPOc1cccc(C)c1. The van der Waals surface area contributed by atoms with Gasteiger partial charge in [0.15, 0.2) is 0 Å². The van der Waals surface area contributed by atoms with Crippen molar-refractivity contribution >= 4 is 8.81 Å². The van der Waals surface area contributed by atoms with Crippen molar-refractivity contribution in [1.82, 2.24) is 0 Å². The Morgan fingerprint density at radius 2 is 2.20 bits per heavy atom. The third-order valence-electron chi connectivity index (χ3n) is 1.21. The van der Waals surface area contributed by atoms with E-state index in [4.69, 9.17) is 4.52 Å². The lowest BCUT2D eigenvalue weighted by atomic mass is 10.2. The van der Waals surface area contributed by atoms with Crippen LogP contribution in [0.5, 0.6) is 5.75 Å². The van der Waals surface area contributed by atoms with Crippen molar-refractivity contribution in [2.24, 2.45) is 0 Å². The fourth-order valence-electron chi connectivity index (χ4n) is 0.797. The highest BCUT2D eigenvalue weighted by atomic mass is 31.1. The van der Waals surface area contributed by atoms with Crippen LogP contribution in [0.3, 0.4) is 0 Å². The summed E-state index contributed by atoms with van der Waals surface area (Å²) in [5.74, 6) is 0.973. The summed E-state index contributed by atoms with van der Waals surface area (Å²) in [7, 11) is 0.532. The van der Waals surface area contributed by atoms with Crippen molar-refractivity contribution in [1.29, 1.82) is 0 Å². The van der Waals surface area contributed by atoms with Crippen molar-refractivity contribution in [3.8, 4) is 5.75 Å². The summed E-state index contributed by atoms with van der Waals surface area (Å²) >= 11 is 0. The molecule has 0 aliphatic carbocycles. The van der Waals surface area contributed by atoms with Gasteiger partial charge in [-0.2, -0.15) is 0 Å². The van der Waals surface area contributed by atoms with Gasteiger partial charge in [0.05, 0.1) is 8.81 Å². The van der Waals surface area contributed by atoms with Gasteiger partial charge in [-0.25, -0.2) is 0 Å². The van der Waals surface area contributed by atoms with Crippen LogP contribution in [0.2, 0.25) is 0 Å². The summed E-state index contributed by atoms with van der Waals surface area (Å²) in [6.07, 6.45) is 0. The molecule has 0 N–H and O–H groups in total. The van der Waals surface area contributed by atoms with Crippen molar-refractivity contribution in [3.63, 3.8) is 0 Å². The second-order valence-electron chi connectivity index (χ2n) is 2.12. The molecular formula is C8H11OP. The fourth-order valence-corrected chi connectivity index (χ4v) is 1.16. The lowest BCUT2D eigenvalue weighted by Crippen LogP contribution is -1.77. The molecule has 0 amide bonds. The highest BCUT2D eigenvalue weighted by molar-refractivity contribution is 7.31. The second kappa shape index (κ2) is 3.58. The third-order valence-corrected chi connectivity index (χ3v) is 1.65. The van der Waals surface area contributed by atoms with E-state index < -0.39 is 0 Å². The molecule has 0 aliphatic rings. The zero-order valence-corrected chi connectivity index (χ0v) is 7.22. The maximum Gasteiger partial charge on any atom is 0.123 e. The lowest BCUT2D eigenvalue weighted by molar-refractivity contribution is 0.635. The summed E-state index contributed by atoms with van der Waals surface area (Å²) in [6, 6.07) is 8.08. The Balaban J connectivity index is 2.75. The van der Waals surface area contributed by atoms with Gasteiger partial charge in [-0.3, -0.25) is 0 Å². The summed E-state index contributed by atoms with van der Waals surface area (Å²) in [5.41, 5.74) is 1.25. The van der Waals surface area contributed by atoms with Crippen LogP contribution in [-0.2, 0) is 0 Å². The normalized spacial score (nSPS) is 10.6. The van der Waals surface area contributed by atoms with Gasteiger partial charge < -0.3 is 4.52 Å². The summed E-state index contributed by atoms with van der Waals surface area (Å²) in [4.78, 5) is 0. The van der Waals surface area contributed by atoms with Gasteiger partial charge in [-0.1, -0.05) is 12.1 Å². The summed E-state index contributed by atoms with van der Waals surface area (Å²) in [5, 5.41) is 0. The zero-order valence-electron chi connectivity index (χ0n) is 6.22. The Kier molecular flexibility index (Phi) is 2.70. The maximum absolute atomic E-state index is 5.31. The molecule has 1 atom stereocenters. The highest BCUT2D eigenvalue weighted by Gasteiger charge is 1.89. The third kappa shape index (κ3) is 2.00. The van der Waals surface area contributed by atoms with Crippen LogP contribution in [0, 0.1) is 6.92 Å². The number of benzene rings is 1. The minimum absolute atomic E-state index is 0.532. The van der Waals surface area contributed by atoms with E-state index in [-0.39, 0.29) is 0 Å². The molecule has 1 rings (SSSR count). The number of hydrogen-bond donors (Lipinski definition) is 0. The monoisotopic (exact) mass is 154 g/mol. The minimum Gasteiger partial charge on any atom is -0.477 e. The molecule has 0 aliphatic heterocycles. The standard InChI is InChI=1S/C8H11OP/c1-7-4-3-5-8(6-7)9-10-2/h3-6,10H,1-2H3. The van der Waals surface area contributed by atoms with Gasteiger partial charge in [-0.15, -0.1) is 0 Å². The van der Waals surface area contributed by atoms with E-state index in [1.165, 1.54) is 5.56 Å². The molecule has 0 fully saturated rings. The van der Waals surface area contributed by atoms with Crippen molar-refractivity contribution < 1.29 is 4.52 Å². The molecule has 0 heterocycles. The molecule has 0 spiro atoms. The first kappa shape index (κ1) is 7.56. The number of hydrogen-bond acceptors (Lipinski definition) is 1. The maximum atomic E-state index is 5.31. The van der Waals surface area contributed by atoms with E-state index in [2.05, 4.69) is 13.0 Å². The molecule has 1 aromatic carbocycles. The Hall–Kier alpha value is -0.550. The Morgan fingerprint density at radius 3 is 2.80 bits per heavy atom. The smallest absolute Gasteiger partial charge is 0.123 e. The van der Waals surface area contributed by atoms with Crippen molar-refractivity contribution in [3.05, 3.63) is 29.8 Å². The summed E-state index contributed by atoms with van der Waals surface area (Å²) < 4.78 is 5.31. The molecule has 10 heavy (non-hydrogen) atoms. The first-order valence-electron chi connectivity index (χ1n) is 3.23. The van der Waals surface area contributed by atoms with Crippen LogP contribution in [0.25, 0.3) is 0 Å². The zero-order chi connectivity index (χ0) is 7.40. The van der Waals surface area contributed by atoms with Crippen LogP contribution in [0.4, 0.5) is 0 Å². The van der Waals surface area contributed by atoms with E-state index in [1.54, 1.807) is 0 Å². The van der Waals surface area contributed by atoms with Gasteiger partial charge in [0.1, 0.15) is 5.75 Å². The average molecular weight is 154 g/mol. The molecule has 0 saturated heterocycles. The van der Waals surface area contributed by atoms with Crippen LogP contribution < -0.4 is 4.52 Å². The topological polar surface area (TPSA) is 9.23 Å². The molecular weight excluding hydrogens is 143 g/mol. The number of aryl methyl sites for hydroxylation is 1. The molecule has 0 bridgehead atoms. The molecule has 2 heteroatoms. The van der Waals surface area contributed by atoms with Crippen LogP contribution in [0.1, 0.15) is 5.56 Å². The summed E-state index contributed by atoms with van der Waals surface area (Å²) in [6.45, 7) is 4.08. The van der Waals surface area contributed by atoms with Crippen LogP contribution >= 0.6 is 8.81 Å². The van der Waals surface area contributed by atoms with E-state index in [9.17, 15) is 0 Å². The fraction of sp³-hybridized carbons (Fsp3) is 0.250. The molecule has 0 radical (unpaired) electrons. The van der Waals surface area contributed by atoms with Gasteiger partial charge in [0, 0.05) is 0 Å². The van der Waals surface area contributed by atoms with Gasteiger partial charge in [-0.05, 0) is 31.3 Å². The molecule has 0 aromatic heterocycles. The largest absolute Gasteiger partial charge is 0.477 e. The van der Waals surface area contributed by atoms with Gasteiger partial charge >= 0.3 is 0 Å².